The molecule has 1 aromatic carbocycles. The molecule has 3 rings (SSSR count). The second kappa shape index (κ2) is 8.49. The first-order chi connectivity index (χ1) is 11.8. The van der Waals surface area contributed by atoms with Crippen molar-refractivity contribution < 1.29 is 9.53 Å². The number of piperidine rings is 1. The number of methoxy groups -OCH3 is 1. The molecule has 132 valence electrons. The summed E-state index contributed by atoms with van der Waals surface area (Å²) in [6.45, 7) is 4.71. The second-order valence-electron chi connectivity index (χ2n) is 6.82. The van der Waals surface area contributed by atoms with Crippen molar-refractivity contribution in [2.45, 2.75) is 31.7 Å². The molecule has 0 saturated carbocycles. The predicted molar refractivity (Wildman–Crippen MR) is 95.1 cm³/mol. The van der Waals surface area contributed by atoms with Gasteiger partial charge in [0.1, 0.15) is 5.75 Å². The van der Waals surface area contributed by atoms with Crippen LogP contribution in [0, 0.1) is 5.92 Å². The maximum atomic E-state index is 12.5. The summed E-state index contributed by atoms with van der Waals surface area (Å²) in [7, 11) is 1.70. The molecular formula is C19H29N3O2. The summed E-state index contributed by atoms with van der Waals surface area (Å²) in [5.74, 6) is 1.18. The van der Waals surface area contributed by atoms with Gasteiger partial charge < -0.3 is 15.4 Å². The Labute approximate surface area is 144 Å². The number of nitrogens with one attached hydrogen (secondary N) is 2. The van der Waals surface area contributed by atoms with E-state index in [4.69, 9.17) is 4.74 Å². The third-order valence-electron chi connectivity index (χ3n) is 5.20. The molecule has 2 fully saturated rings. The number of nitrogens with zero attached hydrogens (tertiary/aromatic N) is 1. The standard InChI is InChI=1S/C19H29N3O2/c1-24-17-8-4-6-15(12-17)18(22-10-2-3-11-22)14-21-19(23)16-7-5-9-20-13-16/h4,6,8,12,16,18,20H,2-3,5,7,9-11,13-14H2,1H3,(H,21,23). The third kappa shape index (κ3) is 4.28. The summed E-state index contributed by atoms with van der Waals surface area (Å²) in [6, 6.07) is 8.46. The minimum Gasteiger partial charge on any atom is -0.497 e. The predicted octanol–water partition coefficient (Wildman–Crippen LogP) is 1.95. The van der Waals surface area contributed by atoms with E-state index in [0.29, 0.717) is 6.54 Å². The fourth-order valence-electron chi connectivity index (χ4n) is 3.78. The van der Waals surface area contributed by atoms with Crippen LogP contribution in [0.15, 0.2) is 24.3 Å². The Balaban J connectivity index is 1.66. The molecule has 0 bridgehead atoms. The van der Waals surface area contributed by atoms with E-state index in [2.05, 4.69) is 27.7 Å². The lowest BCUT2D eigenvalue weighted by Crippen LogP contribution is -2.43. The molecular weight excluding hydrogens is 302 g/mol. The van der Waals surface area contributed by atoms with Gasteiger partial charge in [0, 0.05) is 13.1 Å². The van der Waals surface area contributed by atoms with Crippen molar-refractivity contribution in [3.8, 4) is 5.75 Å². The second-order valence-corrected chi connectivity index (χ2v) is 6.82. The van der Waals surface area contributed by atoms with E-state index >= 15 is 0 Å². The molecule has 0 aromatic heterocycles. The molecule has 1 amide bonds. The zero-order chi connectivity index (χ0) is 16.8. The van der Waals surface area contributed by atoms with Gasteiger partial charge in [-0.25, -0.2) is 0 Å². The minimum atomic E-state index is 0.114. The number of hydrogen-bond donors (Lipinski definition) is 2. The van der Waals surface area contributed by atoms with E-state index in [0.717, 1.165) is 44.8 Å². The average Bonchev–Trinajstić information content (AvgIpc) is 3.17. The molecule has 5 heteroatoms. The van der Waals surface area contributed by atoms with Gasteiger partial charge in [0.25, 0.3) is 0 Å². The third-order valence-corrected chi connectivity index (χ3v) is 5.20. The summed E-state index contributed by atoms with van der Waals surface area (Å²) >= 11 is 0. The van der Waals surface area contributed by atoms with Crippen LogP contribution in [0.5, 0.6) is 5.75 Å². The minimum absolute atomic E-state index is 0.114. The highest BCUT2D eigenvalue weighted by atomic mass is 16.5. The summed E-state index contributed by atoms with van der Waals surface area (Å²) in [4.78, 5) is 15.0. The molecule has 24 heavy (non-hydrogen) atoms. The normalized spacial score (nSPS) is 23.0. The molecule has 2 saturated heterocycles. The Morgan fingerprint density at radius 2 is 2.21 bits per heavy atom. The number of benzene rings is 1. The monoisotopic (exact) mass is 331 g/mol. The van der Waals surface area contributed by atoms with Gasteiger partial charge in [-0.05, 0) is 63.0 Å². The number of rotatable bonds is 6. The van der Waals surface area contributed by atoms with Gasteiger partial charge in [-0.1, -0.05) is 12.1 Å². The summed E-state index contributed by atoms with van der Waals surface area (Å²) < 4.78 is 5.37. The van der Waals surface area contributed by atoms with E-state index in [9.17, 15) is 4.79 Å². The molecule has 2 aliphatic rings. The molecule has 5 nitrogen and oxygen atoms in total. The van der Waals surface area contributed by atoms with Gasteiger partial charge in [0.2, 0.25) is 5.91 Å². The highest BCUT2D eigenvalue weighted by molar-refractivity contribution is 5.79. The lowest BCUT2D eigenvalue weighted by atomic mass is 9.98. The number of amides is 1. The topological polar surface area (TPSA) is 53.6 Å². The van der Waals surface area contributed by atoms with E-state index in [1.54, 1.807) is 7.11 Å². The zero-order valence-corrected chi connectivity index (χ0v) is 14.6. The van der Waals surface area contributed by atoms with Gasteiger partial charge in [0.15, 0.2) is 0 Å². The largest absolute Gasteiger partial charge is 0.497 e. The van der Waals surface area contributed by atoms with Gasteiger partial charge in [-0.15, -0.1) is 0 Å². The Hall–Kier alpha value is -1.59. The molecule has 2 N–H and O–H groups in total. The Morgan fingerprint density at radius 3 is 2.92 bits per heavy atom. The lowest BCUT2D eigenvalue weighted by molar-refractivity contribution is -0.125. The molecule has 2 unspecified atom stereocenters. The molecule has 2 atom stereocenters. The van der Waals surface area contributed by atoms with Crippen LogP contribution in [0.25, 0.3) is 0 Å². The molecule has 0 radical (unpaired) electrons. The van der Waals surface area contributed by atoms with Gasteiger partial charge in [0.05, 0.1) is 19.1 Å². The quantitative estimate of drug-likeness (QED) is 0.837. The molecule has 0 aliphatic carbocycles. The molecule has 0 spiro atoms. The first kappa shape index (κ1) is 17.2. The van der Waals surface area contributed by atoms with Crippen LogP contribution in [0.2, 0.25) is 0 Å². The number of likely N-dealkylation sites (tertiary alicyclic amines) is 1. The van der Waals surface area contributed by atoms with Crippen molar-refractivity contribution in [1.29, 1.82) is 0 Å². The number of hydrogen-bond acceptors (Lipinski definition) is 4. The van der Waals surface area contributed by atoms with Crippen molar-refractivity contribution in [3.05, 3.63) is 29.8 Å². The first-order valence-corrected chi connectivity index (χ1v) is 9.14. The molecule has 2 heterocycles. The Morgan fingerprint density at radius 1 is 1.38 bits per heavy atom. The average molecular weight is 331 g/mol. The SMILES string of the molecule is COc1cccc(C(CNC(=O)C2CCCNC2)N2CCCC2)c1. The van der Waals surface area contributed by atoms with Crippen LogP contribution in [0.1, 0.15) is 37.3 Å². The van der Waals surface area contributed by atoms with Crippen molar-refractivity contribution in [3.63, 3.8) is 0 Å². The van der Waals surface area contributed by atoms with Crippen molar-refractivity contribution in [1.82, 2.24) is 15.5 Å². The van der Waals surface area contributed by atoms with E-state index in [1.165, 1.54) is 18.4 Å². The van der Waals surface area contributed by atoms with Crippen LogP contribution in [-0.4, -0.2) is 50.6 Å². The summed E-state index contributed by atoms with van der Waals surface area (Å²) in [5.41, 5.74) is 1.22. The number of carbonyl (C=O) groups is 1. The number of carbonyl (C=O) groups excluding carboxylic acids is 1. The zero-order valence-electron chi connectivity index (χ0n) is 14.6. The van der Waals surface area contributed by atoms with Gasteiger partial charge >= 0.3 is 0 Å². The smallest absolute Gasteiger partial charge is 0.224 e. The van der Waals surface area contributed by atoms with E-state index < -0.39 is 0 Å². The number of ether oxygens (including phenoxy) is 1. The maximum Gasteiger partial charge on any atom is 0.224 e. The summed E-state index contributed by atoms with van der Waals surface area (Å²) in [5, 5.41) is 6.52. The van der Waals surface area contributed by atoms with E-state index in [-0.39, 0.29) is 17.9 Å². The fraction of sp³-hybridized carbons (Fsp3) is 0.632. The van der Waals surface area contributed by atoms with Crippen LogP contribution in [-0.2, 0) is 4.79 Å². The highest BCUT2D eigenvalue weighted by Crippen LogP contribution is 2.27. The van der Waals surface area contributed by atoms with Gasteiger partial charge in [-0.3, -0.25) is 9.69 Å². The van der Waals surface area contributed by atoms with Crippen molar-refractivity contribution in [2.75, 3.05) is 39.8 Å². The maximum absolute atomic E-state index is 12.5. The highest BCUT2D eigenvalue weighted by Gasteiger charge is 2.26. The van der Waals surface area contributed by atoms with Crippen molar-refractivity contribution >= 4 is 5.91 Å². The van der Waals surface area contributed by atoms with E-state index in [1.807, 2.05) is 12.1 Å². The van der Waals surface area contributed by atoms with Crippen LogP contribution in [0.3, 0.4) is 0 Å². The van der Waals surface area contributed by atoms with Crippen LogP contribution < -0.4 is 15.4 Å². The van der Waals surface area contributed by atoms with Crippen LogP contribution in [0.4, 0.5) is 0 Å². The first-order valence-electron chi connectivity index (χ1n) is 9.14. The van der Waals surface area contributed by atoms with Crippen LogP contribution >= 0.6 is 0 Å². The van der Waals surface area contributed by atoms with Crippen molar-refractivity contribution in [2.24, 2.45) is 5.92 Å². The summed E-state index contributed by atoms with van der Waals surface area (Å²) in [6.07, 6.45) is 4.55. The Kier molecular flexibility index (Phi) is 6.10. The Bertz CT molecular complexity index is 537. The molecule has 2 aliphatic heterocycles. The molecule has 1 aromatic rings. The lowest BCUT2D eigenvalue weighted by Gasteiger charge is -2.29. The fourth-order valence-corrected chi connectivity index (χ4v) is 3.78. The van der Waals surface area contributed by atoms with Gasteiger partial charge in [-0.2, -0.15) is 0 Å².